The van der Waals surface area contributed by atoms with E-state index in [4.69, 9.17) is 4.74 Å². The van der Waals surface area contributed by atoms with Crippen LogP contribution in [0.15, 0.2) is 77.7 Å². The van der Waals surface area contributed by atoms with Crippen LogP contribution in [-0.4, -0.2) is 12.2 Å². The van der Waals surface area contributed by atoms with Crippen LogP contribution in [0.1, 0.15) is 21.5 Å². The van der Waals surface area contributed by atoms with Crippen LogP contribution in [0.3, 0.4) is 0 Å². The van der Waals surface area contributed by atoms with E-state index in [1.54, 1.807) is 23.9 Å². The van der Waals surface area contributed by atoms with Gasteiger partial charge in [0.1, 0.15) is 18.2 Å². The highest BCUT2D eigenvalue weighted by molar-refractivity contribution is 7.98. The Kier molecular flexibility index (Phi) is 6.49. The molecule has 0 saturated heterocycles. The Hall–Kier alpha value is -2.79. The molecule has 0 unspecified atom stereocenters. The van der Waals surface area contributed by atoms with Gasteiger partial charge in [-0.1, -0.05) is 36.4 Å². The smallest absolute Gasteiger partial charge is 0.252 e. The summed E-state index contributed by atoms with van der Waals surface area (Å²) < 4.78 is 18.6. The monoisotopic (exact) mass is 381 g/mol. The van der Waals surface area contributed by atoms with Gasteiger partial charge in [0.15, 0.2) is 0 Å². The number of ether oxygens (including phenoxy) is 1. The van der Waals surface area contributed by atoms with Gasteiger partial charge < -0.3 is 10.1 Å². The van der Waals surface area contributed by atoms with Gasteiger partial charge in [0.05, 0.1) is 5.56 Å². The summed E-state index contributed by atoms with van der Waals surface area (Å²) in [6.45, 7) is 0.821. The highest BCUT2D eigenvalue weighted by Gasteiger charge is 2.09. The molecule has 0 saturated carbocycles. The Morgan fingerprint density at radius 2 is 1.63 bits per heavy atom. The largest absolute Gasteiger partial charge is 0.489 e. The van der Waals surface area contributed by atoms with E-state index in [9.17, 15) is 9.18 Å². The van der Waals surface area contributed by atoms with Crippen molar-refractivity contribution in [3.63, 3.8) is 0 Å². The van der Waals surface area contributed by atoms with E-state index in [2.05, 4.69) is 5.32 Å². The average molecular weight is 381 g/mol. The highest BCUT2D eigenvalue weighted by atomic mass is 32.2. The van der Waals surface area contributed by atoms with Crippen molar-refractivity contribution in [1.82, 2.24) is 5.32 Å². The molecule has 0 aliphatic heterocycles. The van der Waals surface area contributed by atoms with Crippen LogP contribution < -0.4 is 10.1 Å². The number of thioether (sulfide) groups is 1. The van der Waals surface area contributed by atoms with Gasteiger partial charge in [0.25, 0.3) is 5.91 Å². The molecule has 5 heteroatoms. The SMILES string of the molecule is CSc1ccccc1C(=O)NCc1ccc(OCc2ccc(F)cc2)cc1. The van der Waals surface area contributed by atoms with Crippen LogP contribution in [0.4, 0.5) is 4.39 Å². The number of carbonyl (C=O) groups excluding carboxylic acids is 1. The van der Waals surface area contributed by atoms with Crippen molar-refractivity contribution in [1.29, 1.82) is 0 Å². The zero-order valence-electron chi connectivity index (χ0n) is 14.9. The molecule has 3 rings (SSSR count). The summed E-state index contributed by atoms with van der Waals surface area (Å²) >= 11 is 1.55. The summed E-state index contributed by atoms with van der Waals surface area (Å²) in [6.07, 6.45) is 1.96. The summed E-state index contributed by atoms with van der Waals surface area (Å²) in [7, 11) is 0. The molecule has 0 aliphatic carbocycles. The third-order valence-corrected chi connectivity index (χ3v) is 4.84. The first-order valence-corrected chi connectivity index (χ1v) is 9.75. The molecule has 27 heavy (non-hydrogen) atoms. The number of carbonyl (C=O) groups is 1. The van der Waals surface area contributed by atoms with Crippen LogP contribution in [0.5, 0.6) is 5.75 Å². The first kappa shape index (κ1) is 19.0. The number of nitrogens with one attached hydrogen (secondary N) is 1. The number of hydrogen-bond acceptors (Lipinski definition) is 3. The molecule has 0 radical (unpaired) electrons. The standard InChI is InChI=1S/C22H20FNO2S/c1-27-21-5-3-2-4-20(21)22(25)24-14-16-8-12-19(13-9-16)26-15-17-6-10-18(23)11-7-17/h2-13H,14-15H2,1H3,(H,24,25). The molecule has 3 nitrogen and oxygen atoms in total. The molecule has 0 fully saturated rings. The van der Waals surface area contributed by atoms with E-state index in [0.29, 0.717) is 18.7 Å². The fraction of sp³-hybridized carbons (Fsp3) is 0.136. The number of amides is 1. The van der Waals surface area contributed by atoms with Gasteiger partial charge in [-0.3, -0.25) is 4.79 Å². The third kappa shape index (κ3) is 5.34. The van der Waals surface area contributed by atoms with Crippen molar-refractivity contribution in [3.05, 3.63) is 95.3 Å². The number of rotatable bonds is 7. The van der Waals surface area contributed by atoms with Crippen LogP contribution in [-0.2, 0) is 13.2 Å². The fourth-order valence-electron chi connectivity index (χ4n) is 2.56. The zero-order chi connectivity index (χ0) is 19.1. The van der Waals surface area contributed by atoms with E-state index in [1.807, 2.05) is 54.8 Å². The lowest BCUT2D eigenvalue weighted by atomic mass is 10.2. The second kappa shape index (κ2) is 9.24. The molecular formula is C22H20FNO2S. The first-order chi connectivity index (χ1) is 13.2. The Morgan fingerprint density at radius 3 is 2.33 bits per heavy atom. The average Bonchev–Trinajstić information content (AvgIpc) is 2.72. The molecule has 3 aromatic carbocycles. The summed E-state index contributed by atoms with van der Waals surface area (Å²) in [6, 6.07) is 21.3. The lowest BCUT2D eigenvalue weighted by Crippen LogP contribution is -2.23. The number of benzene rings is 3. The van der Waals surface area contributed by atoms with Gasteiger partial charge >= 0.3 is 0 Å². The van der Waals surface area contributed by atoms with E-state index < -0.39 is 0 Å². The van der Waals surface area contributed by atoms with Crippen LogP contribution >= 0.6 is 11.8 Å². The quantitative estimate of drug-likeness (QED) is 0.582. The van der Waals surface area contributed by atoms with Crippen molar-refractivity contribution in [2.24, 2.45) is 0 Å². The zero-order valence-corrected chi connectivity index (χ0v) is 15.8. The Bertz CT molecular complexity index is 895. The van der Waals surface area contributed by atoms with Gasteiger partial charge in [-0.2, -0.15) is 0 Å². The lowest BCUT2D eigenvalue weighted by molar-refractivity contribution is 0.0948. The van der Waals surface area contributed by atoms with Crippen LogP contribution in [0.2, 0.25) is 0 Å². The molecule has 0 aromatic heterocycles. The minimum Gasteiger partial charge on any atom is -0.489 e. The molecule has 0 aliphatic rings. The summed E-state index contributed by atoms with van der Waals surface area (Å²) in [5, 5.41) is 2.94. The van der Waals surface area contributed by atoms with E-state index in [0.717, 1.165) is 21.8 Å². The van der Waals surface area contributed by atoms with Crippen LogP contribution in [0, 0.1) is 5.82 Å². The second-order valence-corrected chi connectivity index (χ2v) is 6.79. The fourth-order valence-corrected chi connectivity index (χ4v) is 3.16. The van der Waals surface area contributed by atoms with Gasteiger partial charge in [-0.05, 0) is 53.8 Å². The molecular weight excluding hydrogens is 361 g/mol. The molecule has 1 amide bonds. The predicted molar refractivity (Wildman–Crippen MR) is 107 cm³/mol. The number of hydrogen-bond donors (Lipinski definition) is 1. The Labute approximate surface area is 162 Å². The first-order valence-electron chi connectivity index (χ1n) is 8.53. The Balaban J connectivity index is 1.53. The molecule has 0 heterocycles. The molecule has 0 spiro atoms. The minimum absolute atomic E-state index is 0.0865. The summed E-state index contributed by atoms with van der Waals surface area (Å²) in [5.41, 5.74) is 2.57. The maximum atomic E-state index is 12.9. The van der Waals surface area contributed by atoms with Crippen molar-refractivity contribution in [2.45, 2.75) is 18.0 Å². The minimum atomic E-state index is -0.259. The molecule has 3 aromatic rings. The van der Waals surface area contributed by atoms with E-state index >= 15 is 0 Å². The third-order valence-electron chi connectivity index (χ3n) is 4.05. The maximum absolute atomic E-state index is 12.9. The topological polar surface area (TPSA) is 38.3 Å². The van der Waals surface area contributed by atoms with Crippen molar-refractivity contribution < 1.29 is 13.9 Å². The van der Waals surface area contributed by atoms with E-state index in [-0.39, 0.29) is 11.7 Å². The second-order valence-electron chi connectivity index (χ2n) is 5.94. The molecule has 1 N–H and O–H groups in total. The Morgan fingerprint density at radius 1 is 0.963 bits per heavy atom. The van der Waals surface area contributed by atoms with Gasteiger partial charge in [-0.25, -0.2) is 4.39 Å². The highest BCUT2D eigenvalue weighted by Crippen LogP contribution is 2.20. The van der Waals surface area contributed by atoms with Crippen molar-refractivity contribution >= 4 is 17.7 Å². The van der Waals surface area contributed by atoms with Crippen molar-refractivity contribution in [3.8, 4) is 5.75 Å². The van der Waals surface area contributed by atoms with Crippen molar-refractivity contribution in [2.75, 3.05) is 6.26 Å². The van der Waals surface area contributed by atoms with E-state index in [1.165, 1.54) is 12.1 Å². The summed E-state index contributed by atoms with van der Waals surface area (Å²) in [5.74, 6) is 0.379. The predicted octanol–water partition coefficient (Wildman–Crippen LogP) is 5.06. The summed E-state index contributed by atoms with van der Waals surface area (Å²) in [4.78, 5) is 13.3. The van der Waals surface area contributed by atoms with Gasteiger partial charge in [-0.15, -0.1) is 11.8 Å². The molecule has 0 atom stereocenters. The number of halogens is 1. The van der Waals surface area contributed by atoms with Gasteiger partial charge in [0, 0.05) is 11.4 Å². The van der Waals surface area contributed by atoms with Gasteiger partial charge in [0.2, 0.25) is 0 Å². The molecule has 138 valence electrons. The lowest BCUT2D eigenvalue weighted by Gasteiger charge is -2.10. The maximum Gasteiger partial charge on any atom is 0.252 e. The molecule has 0 bridgehead atoms. The normalized spacial score (nSPS) is 10.4. The van der Waals surface area contributed by atoms with Crippen LogP contribution in [0.25, 0.3) is 0 Å².